The maximum atomic E-state index is 13.2. The molecule has 1 saturated heterocycles. The predicted octanol–water partition coefficient (Wildman–Crippen LogP) is 3.13. The highest BCUT2D eigenvalue weighted by Crippen LogP contribution is 2.60. The first-order valence-corrected chi connectivity index (χ1v) is 10.3. The van der Waals surface area contributed by atoms with Crippen molar-refractivity contribution in [1.29, 1.82) is 0 Å². The Balaban J connectivity index is 1.28. The van der Waals surface area contributed by atoms with E-state index in [1.165, 1.54) is 19.3 Å². The molecular weight excluding hydrogens is 340 g/mol. The van der Waals surface area contributed by atoms with E-state index in [2.05, 4.69) is 5.32 Å². The fourth-order valence-corrected chi connectivity index (χ4v) is 6.56. The SMILES string of the molecule is COc1cccc(N2C[C@@H](NC(=O)C34CC5CC(CC(C5)C3)C4)CC2=O)c1. The van der Waals surface area contributed by atoms with Crippen LogP contribution in [-0.4, -0.2) is 31.5 Å². The molecule has 1 aromatic rings. The van der Waals surface area contributed by atoms with Gasteiger partial charge in [0.2, 0.25) is 11.8 Å². The van der Waals surface area contributed by atoms with Crippen LogP contribution >= 0.6 is 0 Å². The highest BCUT2D eigenvalue weighted by atomic mass is 16.5. The molecule has 5 nitrogen and oxygen atoms in total. The molecule has 1 N–H and O–H groups in total. The Kier molecular flexibility index (Phi) is 3.95. The van der Waals surface area contributed by atoms with Gasteiger partial charge in [-0.1, -0.05) is 6.07 Å². The standard InChI is InChI=1S/C22H28N2O3/c1-27-19-4-2-3-18(9-19)24-13-17(8-20(24)25)23-21(26)22-10-14-5-15(11-22)7-16(6-14)12-22/h2-4,9,14-17H,5-8,10-13H2,1H3,(H,23,26)/t14?,15?,16?,17-,22?/m0/s1. The van der Waals surface area contributed by atoms with Crippen molar-refractivity contribution >= 4 is 17.5 Å². The molecule has 27 heavy (non-hydrogen) atoms. The molecule has 144 valence electrons. The van der Waals surface area contributed by atoms with Crippen LogP contribution in [0.5, 0.6) is 5.75 Å². The van der Waals surface area contributed by atoms with Crippen LogP contribution in [0.2, 0.25) is 0 Å². The Bertz CT molecular complexity index is 739. The van der Waals surface area contributed by atoms with Gasteiger partial charge < -0.3 is 15.0 Å². The topological polar surface area (TPSA) is 58.6 Å². The summed E-state index contributed by atoms with van der Waals surface area (Å²) in [6, 6.07) is 7.47. The van der Waals surface area contributed by atoms with Crippen LogP contribution in [0.3, 0.4) is 0 Å². The summed E-state index contributed by atoms with van der Waals surface area (Å²) >= 11 is 0. The van der Waals surface area contributed by atoms with Gasteiger partial charge in [-0.15, -0.1) is 0 Å². The molecular formula is C22H28N2O3. The minimum absolute atomic E-state index is 0.0686. The number of hydrogen-bond acceptors (Lipinski definition) is 3. The molecule has 0 aromatic heterocycles. The van der Waals surface area contributed by atoms with Crippen molar-refractivity contribution in [1.82, 2.24) is 5.32 Å². The van der Waals surface area contributed by atoms with Gasteiger partial charge in [0.05, 0.1) is 13.2 Å². The number of anilines is 1. The summed E-state index contributed by atoms with van der Waals surface area (Å²) in [5, 5.41) is 3.26. The van der Waals surface area contributed by atoms with E-state index in [1.54, 1.807) is 12.0 Å². The first kappa shape index (κ1) is 17.1. The molecule has 5 fully saturated rings. The van der Waals surface area contributed by atoms with E-state index in [4.69, 9.17) is 4.74 Å². The Morgan fingerprint density at radius 3 is 2.44 bits per heavy atom. The van der Waals surface area contributed by atoms with Crippen molar-refractivity contribution < 1.29 is 14.3 Å². The molecule has 1 aromatic carbocycles. The van der Waals surface area contributed by atoms with Gasteiger partial charge >= 0.3 is 0 Å². The number of hydrogen-bond donors (Lipinski definition) is 1. The summed E-state index contributed by atoms with van der Waals surface area (Å²) < 4.78 is 5.27. The molecule has 0 radical (unpaired) electrons. The average molecular weight is 368 g/mol. The fraction of sp³-hybridized carbons (Fsp3) is 0.636. The lowest BCUT2D eigenvalue weighted by atomic mass is 9.49. The van der Waals surface area contributed by atoms with E-state index in [-0.39, 0.29) is 23.3 Å². The van der Waals surface area contributed by atoms with Gasteiger partial charge in [0.1, 0.15) is 5.75 Å². The van der Waals surface area contributed by atoms with Gasteiger partial charge in [-0.25, -0.2) is 0 Å². The van der Waals surface area contributed by atoms with E-state index < -0.39 is 0 Å². The molecule has 1 heterocycles. The number of carbonyl (C=O) groups excluding carboxylic acids is 2. The largest absolute Gasteiger partial charge is 0.497 e. The number of methoxy groups -OCH3 is 1. The average Bonchev–Trinajstić information content (AvgIpc) is 3.01. The number of rotatable bonds is 4. The summed E-state index contributed by atoms with van der Waals surface area (Å²) in [5.74, 6) is 3.27. The second kappa shape index (κ2) is 6.25. The third-order valence-electron chi connectivity index (χ3n) is 7.35. The number of ether oxygens (including phenoxy) is 1. The van der Waals surface area contributed by atoms with Crippen LogP contribution in [0.4, 0.5) is 5.69 Å². The molecule has 5 heteroatoms. The number of carbonyl (C=O) groups is 2. The fourth-order valence-electron chi connectivity index (χ4n) is 6.56. The number of nitrogens with one attached hydrogen (secondary N) is 1. The lowest BCUT2D eigenvalue weighted by Gasteiger charge is -2.55. The second-order valence-corrected chi connectivity index (χ2v) is 9.28. The van der Waals surface area contributed by atoms with E-state index in [0.29, 0.717) is 13.0 Å². The maximum absolute atomic E-state index is 13.2. The van der Waals surface area contributed by atoms with Gasteiger partial charge in [-0.05, 0) is 68.4 Å². The molecule has 1 aliphatic heterocycles. The van der Waals surface area contributed by atoms with Crippen LogP contribution in [-0.2, 0) is 9.59 Å². The number of benzene rings is 1. The zero-order valence-electron chi connectivity index (χ0n) is 15.9. The summed E-state index contributed by atoms with van der Waals surface area (Å²) in [7, 11) is 1.62. The van der Waals surface area contributed by atoms with Gasteiger partial charge in [-0.3, -0.25) is 9.59 Å². The molecule has 4 saturated carbocycles. The van der Waals surface area contributed by atoms with Crippen LogP contribution < -0.4 is 15.0 Å². The van der Waals surface area contributed by atoms with Crippen molar-refractivity contribution in [2.75, 3.05) is 18.6 Å². The highest BCUT2D eigenvalue weighted by Gasteiger charge is 2.55. The van der Waals surface area contributed by atoms with Crippen LogP contribution in [0.1, 0.15) is 44.9 Å². The van der Waals surface area contributed by atoms with E-state index in [1.807, 2.05) is 24.3 Å². The summed E-state index contributed by atoms with van der Waals surface area (Å²) in [6.45, 7) is 0.546. The third-order valence-corrected chi connectivity index (χ3v) is 7.35. The van der Waals surface area contributed by atoms with Gasteiger partial charge in [0.15, 0.2) is 0 Å². The molecule has 0 spiro atoms. The first-order valence-electron chi connectivity index (χ1n) is 10.3. The molecule has 0 unspecified atom stereocenters. The first-order chi connectivity index (χ1) is 13.0. The summed E-state index contributed by atoms with van der Waals surface area (Å²) in [6.07, 6.45) is 7.56. The second-order valence-electron chi connectivity index (χ2n) is 9.28. The number of amides is 2. The van der Waals surface area contributed by atoms with Crippen molar-refractivity contribution in [3.8, 4) is 5.75 Å². The minimum Gasteiger partial charge on any atom is -0.497 e. The van der Waals surface area contributed by atoms with E-state index in [0.717, 1.165) is 48.5 Å². The molecule has 6 rings (SSSR count). The summed E-state index contributed by atoms with van der Waals surface area (Å²) in [4.78, 5) is 27.6. The summed E-state index contributed by atoms with van der Waals surface area (Å²) in [5.41, 5.74) is 0.687. The van der Waals surface area contributed by atoms with Crippen LogP contribution in [0, 0.1) is 23.2 Å². The maximum Gasteiger partial charge on any atom is 0.229 e. The Morgan fingerprint density at radius 2 is 1.81 bits per heavy atom. The lowest BCUT2D eigenvalue weighted by molar-refractivity contribution is -0.146. The molecule has 5 aliphatic rings. The van der Waals surface area contributed by atoms with Crippen molar-refractivity contribution in [2.24, 2.45) is 23.2 Å². The molecule has 1 atom stereocenters. The van der Waals surface area contributed by atoms with Crippen LogP contribution in [0.25, 0.3) is 0 Å². The smallest absolute Gasteiger partial charge is 0.229 e. The van der Waals surface area contributed by atoms with E-state index >= 15 is 0 Å². The van der Waals surface area contributed by atoms with Crippen molar-refractivity contribution in [3.05, 3.63) is 24.3 Å². The minimum atomic E-state index is -0.152. The normalized spacial score (nSPS) is 36.9. The zero-order chi connectivity index (χ0) is 18.6. The molecule has 4 bridgehead atoms. The van der Waals surface area contributed by atoms with Gasteiger partial charge in [-0.2, -0.15) is 0 Å². The highest BCUT2D eigenvalue weighted by molar-refractivity contribution is 5.97. The van der Waals surface area contributed by atoms with Crippen molar-refractivity contribution in [3.63, 3.8) is 0 Å². The Hall–Kier alpha value is -2.04. The number of nitrogens with zero attached hydrogens (tertiary/aromatic N) is 1. The lowest BCUT2D eigenvalue weighted by Crippen LogP contribution is -2.55. The molecule has 4 aliphatic carbocycles. The third kappa shape index (κ3) is 2.91. The van der Waals surface area contributed by atoms with Gasteiger partial charge in [0, 0.05) is 30.1 Å². The Labute approximate surface area is 160 Å². The van der Waals surface area contributed by atoms with Crippen LogP contribution in [0.15, 0.2) is 24.3 Å². The quantitative estimate of drug-likeness (QED) is 0.888. The Morgan fingerprint density at radius 1 is 1.15 bits per heavy atom. The monoisotopic (exact) mass is 368 g/mol. The van der Waals surface area contributed by atoms with E-state index in [9.17, 15) is 9.59 Å². The van der Waals surface area contributed by atoms with Gasteiger partial charge in [0.25, 0.3) is 0 Å². The zero-order valence-corrected chi connectivity index (χ0v) is 15.9. The molecule has 2 amide bonds. The van der Waals surface area contributed by atoms with Crippen molar-refractivity contribution in [2.45, 2.75) is 51.0 Å². The predicted molar refractivity (Wildman–Crippen MR) is 102 cm³/mol.